The Morgan fingerprint density at radius 3 is 2.22 bits per heavy atom. The maximum absolute atomic E-state index is 14.7. The lowest BCUT2D eigenvalue weighted by Crippen LogP contribution is -2.52. The number of aromatic nitrogens is 2. The Morgan fingerprint density at radius 2 is 1.70 bits per heavy atom. The molecular weight excluding hydrogens is 628 g/mol. The molecule has 0 aromatic carbocycles. The van der Waals surface area contributed by atoms with Gasteiger partial charge in [0, 0.05) is 56.0 Å². The maximum Gasteiger partial charge on any atom is 0.410 e. The number of piperazine rings is 1. The molecule has 276 valence electrons. The van der Waals surface area contributed by atoms with Crippen LogP contribution in [0.3, 0.4) is 0 Å². The van der Waals surface area contributed by atoms with Crippen molar-refractivity contribution in [3.8, 4) is 0 Å². The van der Waals surface area contributed by atoms with Crippen LogP contribution in [0.2, 0.25) is 0 Å². The molecule has 1 N–H and O–H groups in total. The predicted octanol–water partition coefficient (Wildman–Crippen LogP) is 7.47. The molecule has 1 aliphatic rings. The normalized spacial score (nSPS) is 16.4. The molecule has 2 unspecified atom stereocenters. The molecule has 1 aromatic rings. The average molecular weight is 691 g/mol. The zero-order valence-electron chi connectivity index (χ0n) is 32.3. The van der Waals surface area contributed by atoms with Crippen molar-refractivity contribution in [1.82, 2.24) is 29.6 Å². The number of carbonyl (C=O) groups is 3. The van der Waals surface area contributed by atoms with E-state index >= 15 is 0 Å². The number of nitrogens with zero attached hydrogens (tertiary/aromatic N) is 5. The van der Waals surface area contributed by atoms with Crippen molar-refractivity contribution < 1.29 is 19.1 Å². The summed E-state index contributed by atoms with van der Waals surface area (Å²) in [7, 11) is 0. The van der Waals surface area contributed by atoms with Crippen molar-refractivity contribution in [2.24, 2.45) is 0 Å². The van der Waals surface area contributed by atoms with E-state index in [2.05, 4.69) is 28.7 Å². The van der Waals surface area contributed by atoms with Crippen molar-refractivity contribution in [2.75, 3.05) is 26.2 Å². The van der Waals surface area contributed by atoms with Gasteiger partial charge >= 0.3 is 6.09 Å². The van der Waals surface area contributed by atoms with Crippen molar-refractivity contribution in [3.05, 3.63) is 89.9 Å². The van der Waals surface area contributed by atoms with Crippen LogP contribution >= 0.6 is 0 Å². The van der Waals surface area contributed by atoms with E-state index < -0.39 is 11.6 Å². The Labute approximate surface area is 301 Å². The van der Waals surface area contributed by atoms with E-state index in [1.165, 1.54) is 0 Å². The SMILES string of the molecule is C=CC(=C(C)C=CC)C(C(=O)NC(C)CCCCC)N(C(=O)Cn1ccnc1C)C(C=CC)=CC(=CC)N1CCN(C(=O)OC(C)(C)C)CC1. The van der Waals surface area contributed by atoms with Gasteiger partial charge in [-0.15, -0.1) is 0 Å². The van der Waals surface area contributed by atoms with Crippen LogP contribution in [-0.4, -0.2) is 86.0 Å². The summed E-state index contributed by atoms with van der Waals surface area (Å²) in [6, 6.07) is -1.09. The summed E-state index contributed by atoms with van der Waals surface area (Å²) in [6.45, 7) is 25.6. The maximum atomic E-state index is 14.7. The predicted molar refractivity (Wildman–Crippen MR) is 203 cm³/mol. The Hall–Kier alpha value is -4.34. The van der Waals surface area contributed by atoms with Crippen LogP contribution in [-0.2, 0) is 20.9 Å². The second-order valence-electron chi connectivity index (χ2n) is 13.8. The minimum absolute atomic E-state index is 0.0105. The fourth-order valence-electron chi connectivity index (χ4n) is 5.91. The molecule has 1 aliphatic heterocycles. The first-order valence-corrected chi connectivity index (χ1v) is 18.0. The molecule has 2 heterocycles. The summed E-state index contributed by atoms with van der Waals surface area (Å²) in [4.78, 5) is 51.8. The minimum atomic E-state index is -1.00. The number of ether oxygens (including phenoxy) is 1. The van der Waals surface area contributed by atoms with Gasteiger partial charge in [-0.2, -0.15) is 0 Å². The molecule has 2 rings (SSSR count). The van der Waals surface area contributed by atoms with E-state index in [0.717, 1.165) is 37.0 Å². The van der Waals surface area contributed by atoms with Gasteiger partial charge in [0.1, 0.15) is 24.0 Å². The molecule has 50 heavy (non-hydrogen) atoms. The third-order valence-corrected chi connectivity index (χ3v) is 8.52. The highest BCUT2D eigenvalue weighted by Crippen LogP contribution is 2.26. The van der Waals surface area contributed by atoms with Crippen LogP contribution in [0.15, 0.2) is 84.0 Å². The van der Waals surface area contributed by atoms with Gasteiger partial charge in [-0.1, -0.05) is 63.1 Å². The van der Waals surface area contributed by atoms with Gasteiger partial charge in [0.25, 0.3) is 0 Å². The highest BCUT2D eigenvalue weighted by molar-refractivity contribution is 5.92. The highest BCUT2D eigenvalue weighted by atomic mass is 16.6. The number of imidazole rings is 1. The van der Waals surface area contributed by atoms with Crippen LogP contribution in [0.25, 0.3) is 0 Å². The second-order valence-corrected chi connectivity index (χ2v) is 13.8. The van der Waals surface area contributed by atoms with Gasteiger partial charge in [-0.3, -0.25) is 14.5 Å². The number of amides is 3. The Bertz CT molecular complexity index is 1450. The molecule has 0 bridgehead atoms. The second kappa shape index (κ2) is 20.4. The standard InChI is InChI=1S/C40H62N6O4/c1-12-17-18-21-31(7)42-38(48)37(35(16-5)30(6)19-13-2)46(36(47)29-45-23-22-41-32(45)8)34(20-14-3)28-33(15-4)43-24-26-44(27-25-43)39(49)50-40(9,10)11/h13-16,19-20,22-23,28,31,37H,5,12,17-18,21,24-27,29H2,1-4,6-11H3,(H,42,48). The molecule has 0 aliphatic carbocycles. The largest absolute Gasteiger partial charge is 0.444 e. The number of hydrogen-bond donors (Lipinski definition) is 1. The lowest BCUT2D eigenvalue weighted by atomic mass is 9.96. The van der Waals surface area contributed by atoms with Crippen LogP contribution < -0.4 is 5.32 Å². The summed E-state index contributed by atoms with van der Waals surface area (Å²) >= 11 is 0. The highest BCUT2D eigenvalue weighted by Gasteiger charge is 2.36. The lowest BCUT2D eigenvalue weighted by Gasteiger charge is -2.38. The molecular formula is C40H62N6O4. The molecule has 10 nitrogen and oxygen atoms in total. The van der Waals surface area contributed by atoms with Gasteiger partial charge < -0.3 is 24.4 Å². The molecule has 2 atom stereocenters. The average Bonchev–Trinajstić information content (AvgIpc) is 3.46. The number of nitrogens with one attached hydrogen (secondary N) is 1. The molecule has 1 aromatic heterocycles. The van der Waals surface area contributed by atoms with Crippen molar-refractivity contribution >= 4 is 17.9 Å². The van der Waals surface area contributed by atoms with Crippen molar-refractivity contribution in [1.29, 1.82) is 0 Å². The third-order valence-electron chi connectivity index (χ3n) is 8.52. The molecule has 10 heteroatoms. The number of hydrogen-bond acceptors (Lipinski definition) is 6. The molecule has 0 spiro atoms. The fraction of sp³-hybridized carbons (Fsp3) is 0.550. The van der Waals surface area contributed by atoms with Gasteiger partial charge in [-0.05, 0) is 92.0 Å². The van der Waals surface area contributed by atoms with E-state index in [1.54, 1.807) is 32.8 Å². The zero-order valence-corrected chi connectivity index (χ0v) is 32.3. The van der Waals surface area contributed by atoms with E-state index in [0.29, 0.717) is 43.3 Å². The number of allylic oxidation sites excluding steroid dienone is 7. The third kappa shape index (κ3) is 12.5. The summed E-state index contributed by atoms with van der Waals surface area (Å²) in [5.41, 5.74) is 2.34. The van der Waals surface area contributed by atoms with Crippen molar-refractivity contribution in [3.63, 3.8) is 0 Å². The molecule has 3 amide bonds. The van der Waals surface area contributed by atoms with Gasteiger partial charge in [-0.25, -0.2) is 9.78 Å². The molecule has 0 radical (unpaired) electrons. The summed E-state index contributed by atoms with van der Waals surface area (Å²) in [6.07, 6.45) is 20.4. The first kappa shape index (κ1) is 41.8. The smallest absolute Gasteiger partial charge is 0.410 e. The number of unbranched alkanes of at least 4 members (excludes halogenated alkanes) is 2. The number of rotatable bonds is 16. The fourth-order valence-corrected chi connectivity index (χ4v) is 5.91. The zero-order chi connectivity index (χ0) is 37.4. The van der Waals surface area contributed by atoms with Crippen molar-refractivity contribution in [2.45, 2.75) is 119 Å². The van der Waals surface area contributed by atoms with E-state index in [4.69, 9.17) is 4.74 Å². The van der Waals surface area contributed by atoms with Crippen LogP contribution in [0.1, 0.15) is 93.8 Å². The number of carbonyl (C=O) groups excluding carboxylic acids is 3. The van der Waals surface area contributed by atoms with E-state index in [9.17, 15) is 14.4 Å². The Balaban J connectivity index is 2.69. The molecule has 1 saturated heterocycles. The first-order valence-electron chi connectivity index (χ1n) is 18.0. The Morgan fingerprint density at radius 1 is 1.06 bits per heavy atom. The summed E-state index contributed by atoms with van der Waals surface area (Å²) in [5, 5.41) is 3.23. The monoisotopic (exact) mass is 690 g/mol. The minimum Gasteiger partial charge on any atom is -0.444 e. The first-order chi connectivity index (χ1) is 23.7. The van der Waals surface area contributed by atoms with Gasteiger partial charge in [0.15, 0.2) is 0 Å². The van der Waals surface area contributed by atoms with Gasteiger partial charge in [0.05, 0.1) is 0 Å². The summed E-state index contributed by atoms with van der Waals surface area (Å²) < 4.78 is 7.39. The lowest BCUT2D eigenvalue weighted by molar-refractivity contribution is -0.137. The summed E-state index contributed by atoms with van der Waals surface area (Å²) in [5.74, 6) is 0.154. The number of aryl methyl sites for hydroxylation is 1. The molecule has 1 fully saturated rings. The topological polar surface area (TPSA) is 100 Å². The van der Waals surface area contributed by atoms with Gasteiger partial charge in [0.2, 0.25) is 11.8 Å². The van der Waals surface area contributed by atoms with E-state index in [1.807, 2.05) is 98.8 Å². The quantitative estimate of drug-likeness (QED) is 0.143. The molecule has 0 saturated carbocycles. The van der Waals surface area contributed by atoms with Crippen LogP contribution in [0, 0.1) is 6.92 Å². The van der Waals surface area contributed by atoms with Crippen LogP contribution in [0.5, 0.6) is 0 Å². The van der Waals surface area contributed by atoms with E-state index in [-0.39, 0.29) is 30.5 Å². The van der Waals surface area contributed by atoms with Crippen LogP contribution in [0.4, 0.5) is 4.79 Å². The Kier molecular flexibility index (Phi) is 17.0.